The SMILES string of the molecule is Cc1ccc(CC(=O)NCc2ccccc2OCCO)cc1. The summed E-state index contributed by atoms with van der Waals surface area (Å²) < 4.78 is 5.45. The van der Waals surface area contributed by atoms with Crippen molar-refractivity contribution in [2.24, 2.45) is 0 Å². The number of aliphatic hydroxyl groups is 1. The zero-order chi connectivity index (χ0) is 15.8. The Morgan fingerprint density at radius 2 is 1.86 bits per heavy atom. The molecule has 0 bridgehead atoms. The monoisotopic (exact) mass is 299 g/mol. The van der Waals surface area contributed by atoms with Gasteiger partial charge in [-0.05, 0) is 18.6 Å². The molecule has 2 aromatic carbocycles. The number of ether oxygens (including phenoxy) is 1. The van der Waals surface area contributed by atoms with Crippen LogP contribution in [-0.4, -0.2) is 24.2 Å². The number of amides is 1. The van der Waals surface area contributed by atoms with E-state index in [-0.39, 0.29) is 19.1 Å². The highest BCUT2D eigenvalue weighted by Crippen LogP contribution is 2.17. The van der Waals surface area contributed by atoms with Gasteiger partial charge in [0.15, 0.2) is 0 Å². The number of nitrogens with one attached hydrogen (secondary N) is 1. The lowest BCUT2D eigenvalue weighted by molar-refractivity contribution is -0.120. The van der Waals surface area contributed by atoms with Gasteiger partial charge in [0.2, 0.25) is 5.91 Å². The fraction of sp³-hybridized carbons (Fsp3) is 0.278. The van der Waals surface area contributed by atoms with Crippen LogP contribution in [0.1, 0.15) is 16.7 Å². The second-order valence-electron chi connectivity index (χ2n) is 5.12. The van der Waals surface area contributed by atoms with Crippen LogP contribution in [0, 0.1) is 6.92 Å². The highest BCUT2D eigenvalue weighted by Gasteiger charge is 2.06. The Hall–Kier alpha value is -2.33. The molecular formula is C18H21NO3. The van der Waals surface area contributed by atoms with E-state index in [4.69, 9.17) is 9.84 Å². The maximum Gasteiger partial charge on any atom is 0.224 e. The Labute approximate surface area is 130 Å². The first-order valence-corrected chi connectivity index (χ1v) is 7.33. The Balaban J connectivity index is 1.89. The van der Waals surface area contributed by atoms with Gasteiger partial charge < -0.3 is 15.2 Å². The molecule has 0 spiro atoms. The molecule has 1 amide bonds. The lowest BCUT2D eigenvalue weighted by Gasteiger charge is -2.11. The predicted molar refractivity (Wildman–Crippen MR) is 85.8 cm³/mol. The van der Waals surface area contributed by atoms with Crippen molar-refractivity contribution >= 4 is 5.91 Å². The standard InChI is InChI=1S/C18H21NO3/c1-14-6-8-15(9-7-14)12-18(21)19-13-16-4-2-3-5-17(16)22-11-10-20/h2-9,20H,10-13H2,1H3,(H,19,21). The largest absolute Gasteiger partial charge is 0.491 e. The second-order valence-corrected chi connectivity index (χ2v) is 5.12. The quantitative estimate of drug-likeness (QED) is 0.824. The molecule has 0 aliphatic carbocycles. The Morgan fingerprint density at radius 1 is 1.14 bits per heavy atom. The zero-order valence-corrected chi connectivity index (χ0v) is 12.7. The molecule has 0 aliphatic rings. The topological polar surface area (TPSA) is 58.6 Å². The van der Waals surface area contributed by atoms with E-state index >= 15 is 0 Å². The van der Waals surface area contributed by atoms with Gasteiger partial charge in [0.05, 0.1) is 13.0 Å². The van der Waals surface area contributed by atoms with E-state index in [0.717, 1.165) is 11.1 Å². The molecule has 22 heavy (non-hydrogen) atoms. The van der Waals surface area contributed by atoms with Crippen LogP contribution in [0.15, 0.2) is 48.5 Å². The summed E-state index contributed by atoms with van der Waals surface area (Å²) in [7, 11) is 0. The van der Waals surface area contributed by atoms with Crippen LogP contribution >= 0.6 is 0 Å². The first-order chi connectivity index (χ1) is 10.7. The molecule has 0 aliphatic heterocycles. The van der Waals surface area contributed by atoms with Crippen LogP contribution in [-0.2, 0) is 17.8 Å². The molecule has 0 fully saturated rings. The van der Waals surface area contributed by atoms with Gasteiger partial charge in [-0.2, -0.15) is 0 Å². The molecule has 4 nitrogen and oxygen atoms in total. The Kier molecular flexibility index (Phi) is 5.98. The van der Waals surface area contributed by atoms with Gasteiger partial charge in [-0.1, -0.05) is 48.0 Å². The summed E-state index contributed by atoms with van der Waals surface area (Å²) in [5, 5.41) is 11.7. The molecule has 2 aromatic rings. The van der Waals surface area contributed by atoms with Crippen molar-refractivity contribution in [3.63, 3.8) is 0 Å². The summed E-state index contributed by atoms with van der Waals surface area (Å²) in [6, 6.07) is 15.4. The van der Waals surface area contributed by atoms with E-state index in [1.54, 1.807) is 0 Å². The van der Waals surface area contributed by atoms with Gasteiger partial charge in [-0.3, -0.25) is 4.79 Å². The van der Waals surface area contributed by atoms with Crippen LogP contribution in [0.25, 0.3) is 0 Å². The lowest BCUT2D eigenvalue weighted by Crippen LogP contribution is -2.24. The van der Waals surface area contributed by atoms with Gasteiger partial charge in [-0.15, -0.1) is 0 Å². The molecule has 4 heteroatoms. The van der Waals surface area contributed by atoms with Crippen LogP contribution in [0.3, 0.4) is 0 Å². The number of carbonyl (C=O) groups excluding carboxylic acids is 1. The molecule has 0 saturated carbocycles. The van der Waals surface area contributed by atoms with Crippen LogP contribution < -0.4 is 10.1 Å². The number of aryl methyl sites for hydroxylation is 1. The zero-order valence-electron chi connectivity index (χ0n) is 12.7. The fourth-order valence-corrected chi connectivity index (χ4v) is 2.09. The maximum atomic E-state index is 12.0. The summed E-state index contributed by atoms with van der Waals surface area (Å²) in [6.07, 6.45) is 0.361. The second kappa shape index (κ2) is 8.20. The fourth-order valence-electron chi connectivity index (χ4n) is 2.09. The highest BCUT2D eigenvalue weighted by molar-refractivity contribution is 5.78. The molecule has 2 rings (SSSR count). The van der Waals surface area contributed by atoms with Gasteiger partial charge in [0.1, 0.15) is 12.4 Å². The van der Waals surface area contributed by atoms with Gasteiger partial charge >= 0.3 is 0 Å². The van der Waals surface area contributed by atoms with Crippen molar-refractivity contribution in [3.05, 3.63) is 65.2 Å². The minimum absolute atomic E-state index is 0.0270. The van der Waals surface area contributed by atoms with Crippen LogP contribution in [0.2, 0.25) is 0 Å². The molecule has 0 saturated heterocycles. The van der Waals surface area contributed by atoms with Gasteiger partial charge in [0, 0.05) is 12.1 Å². The van der Waals surface area contributed by atoms with Crippen LogP contribution in [0.4, 0.5) is 0 Å². The predicted octanol–water partition coefficient (Wildman–Crippen LogP) is 2.23. The van der Waals surface area contributed by atoms with E-state index in [9.17, 15) is 4.79 Å². The smallest absolute Gasteiger partial charge is 0.224 e. The number of para-hydroxylation sites is 1. The van der Waals surface area contributed by atoms with Crippen LogP contribution in [0.5, 0.6) is 5.75 Å². The minimum Gasteiger partial charge on any atom is -0.491 e. The third-order valence-electron chi connectivity index (χ3n) is 3.28. The molecule has 0 atom stereocenters. The van der Waals surface area contributed by atoms with Crippen molar-refractivity contribution in [2.75, 3.05) is 13.2 Å². The molecule has 0 unspecified atom stereocenters. The van der Waals surface area contributed by atoms with E-state index in [2.05, 4.69) is 5.32 Å². The van der Waals surface area contributed by atoms with Crippen molar-refractivity contribution in [3.8, 4) is 5.75 Å². The molecule has 0 aromatic heterocycles. The van der Waals surface area contributed by atoms with Gasteiger partial charge in [0.25, 0.3) is 0 Å². The molecule has 116 valence electrons. The lowest BCUT2D eigenvalue weighted by atomic mass is 10.1. The van der Waals surface area contributed by atoms with Crippen molar-refractivity contribution < 1.29 is 14.6 Å². The molecule has 0 radical (unpaired) electrons. The third kappa shape index (κ3) is 4.90. The third-order valence-corrected chi connectivity index (χ3v) is 3.28. The number of benzene rings is 2. The summed E-state index contributed by atoms with van der Waals surface area (Å²) >= 11 is 0. The number of rotatable bonds is 7. The van der Waals surface area contributed by atoms with E-state index in [1.165, 1.54) is 5.56 Å². The first kappa shape index (κ1) is 16.0. The number of hydrogen-bond acceptors (Lipinski definition) is 3. The molecule has 2 N–H and O–H groups in total. The Morgan fingerprint density at radius 3 is 2.59 bits per heavy atom. The number of aliphatic hydroxyl groups excluding tert-OH is 1. The van der Waals surface area contributed by atoms with Gasteiger partial charge in [-0.25, -0.2) is 0 Å². The molecule has 0 heterocycles. The molecular weight excluding hydrogens is 278 g/mol. The van der Waals surface area contributed by atoms with Crippen molar-refractivity contribution in [2.45, 2.75) is 19.9 Å². The van der Waals surface area contributed by atoms with E-state index in [0.29, 0.717) is 18.7 Å². The normalized spacial score (nSPS) is 10.3. The number of carbonyl (C=O) groups is 1. The average molecular weight is 299 g/mol. The first-order valence-electron chi connectivity index (χ1n) is 7.33. The number of hydrogen-bond donors (Lipinski definition) is 2. The summed E-state index contributed by atoms with van der Waals surface area (Å²) in [6.45, 7) is 2.64. The van der Waals surface area contributed by atoms with Crippen molar-refractivity contribution in [1.82, 2.24) is 5.32 Å². The Bertz CT molecular complexity index is 608. The maximum absolute atomic E-state index is 12.0. The summed E-state index contributed by atoms with van der Waals surface area (Å²) in [4.78, 5) is 12.0. The van der Waals surface area contributed by atoms with E-state index in [1.807, 2.05) is 55.5 Å². The van der Waals surface area contributed by atoms with Crippen molar-refractivity contribution in [1.29, 1.82) is 0 Å². The minimum atomic E-state index is -0.0336. The summed E-state index contributed by atoms with van der Waals surface area (Å²) in [5.41, 5.74) is 3.07. The van der Waals surface area contributed by atoms with E-state index < -0.39 is 0 Å². The summed E-state index contributed by atoms with van der Waals surface area (Å²) in [5.74, 6) is 0.660. The average Bonchev–Trinajstić information content (AvgIpc) is 2.54. The highest BCUT2D eigenvalue weighted by atomic mass is 16.5.